The molecule has 0 spiro atoms. The van der Waals surface area contributed by atoms with Crippen LogP contribution < -0.4 is 0 Å². The SMILES string of the molecule is CC(C)N(CC(=O)O)CC(=O)N(C)Cc1cc(Cl)cc(Cl)c1. The van der Waals surface area contributed by atoms with E-state index < -0.39 is 5.97 Å². The predicted octanol–water partition coefficient (Wildman–Crippen LogP) is 2.75. The first kappa shape index (κ1) is 18.7. The first-order valence-electron chi connectivity index (χ1n) is 6.83. The molecular weight excluding hydrogens is 327 g/mol. The molecule has 0 radical (unpaired) electrons. The molecule has 7 heteroatoms. The van der Waals surface area contributed by atoms with Gasteiger partial charge in [0.25, 0.3) is 0 Å². The van der Waals surface area contributed by atoms with Gasteiger partial charge >= 0.3 is 5.97 Å². The molecule has 0 unspecified atom stereocenters. The number of halogens is 2. The van der Waals surface area contributed by atoms with E-state index in [9.17, 15) is 9.59 Å². The van der Waals surface area contributed by atoms with Gasteiger partial charge in [-0.15, -0.1) is 0 Å². The third-order valence-corrected chi connectivity index (χ3v) is 3.61. The van der Waals surface area contributed by atoms with Gasteiger partial charge in [0, 0.05) is 29.7 Å². The van der Waals surface area contributed by atoms with Crippen LogP contribution in [0.3, 0.4) is 0 Å². The minimum Gasteiger partial charge on any atom is -0.480 e. The van der Waals surface area contributed by atoms with Crippen molar-refractivity contribution in [1.29, 1.82) is 0 Å². The number of likely N-dealkylation sites (N-methyl/N-ethyl adjacent to an activating group) is 1. The number of carbonyl (C=O) groups is 2. The number of carboxylic acid groups (broad SMARTS) is 1. The lowest BCUT2D eigenvalue weighted by atomic mass is 10.2. The fraction of sp³-hybridized carbons (Fsp3) is 0.467. The smallest absolute Gasteiger partial charge is 0.317 e. The maximum absolute atomic E-state index is 12.2. The number of amides is 1. The maximum Gasteiger partial charge on any atom is 0.317 e. The van der Waals surface area contributed by atoms with Gasteiger partial charge in [0.05, 0.1) is 13.1 Å². The van der Waals surface area contributed by atoms with E-state index in [2.05, 4.69) is 0 Å². The molecule has 0 fully saturated rings. The van der Waals surface area contributed by atoms with Crippen LogP contribution in [0.5, 0.6) is 0 Å². The van der Waals surface area contributed by atoms with Crippen LogP contribution in [0.1, 0.15) is 19.4 Å². The molecule has 0 bridgehead atoms. The van der Waals surface area contributed by atoms with Crippen LogP contribution in [0, 0.1) is 0 Å². The van der Waals surface area contributed by atoms with Gasteiger partial charge in [-0.1, -0.05) is 23.2 Å². The van der Waals surface area contributed by atoms with Crippen molar-refractivity contribution < 1.29 is 14.7 Å². The predicted molar refractivity (Wildman–Crippen MR) is 87.3 cm³/mol. The van der Waals surface area contributed by atoms with Crippen LogP contribution in [-0.2, 0) is 16.1 Å². The van der Waals surface area contributed by atoms with E-state index in [4.69, 9.17) is 28.3 Å². The first-order valence-corrected chi connectivity index (χ1v) is 7.59. The molecule has 1 rings (SSSR count). The second-order valence-corrected chi connectivity index (χ2v) is 6.29. The van der Waals surface area contributed by atoms with Crippen LogP contribution >= 0.6 is 23.2 Å². The minimum absolute atomic E-state index is 0.0333. The van der Waals surface area contributed by atoms with Gasteiger partial charge in [0.1, 0.15) is 0 Å². The Morgan fingerprint density at radius 1 is 1.14 bits per heavy atom. The summed E-state index contributed by atoms with van der Waals surface area (Å²) in [6.45, 7) is 3.95. The molecule has 22 heavy (non-hydrogen) atoms. The number of nitrogens with zero attached hydrogens (tertiary/aromatic N) is 2. The summed E-state index contributed by atoms with van der Waals surface area (Å²) in [5.74, 6) is -1.11. The Bertz CT molecular complexity index is 529. The van der Waals surface area contributed by atoms with Gasteiger partial charge in [-0.3, -0.25) is 14.5 Å². The Morgan fingerprint density at radius 2 is 1.68 bits per heavy atom. The van der Waals surface area contributed by atoms with Crippen molar-refractivity contribution in [1.82, 2.24) is 9.80 Å². The molecule has 5 nitrogen and oxygen atoms in total. The summed E-state index contributed by atoms with van der Waals surface area (Å²) in [5.41, 5.74) is 0.822. The van der Waals surface area contributed by atoms with E-state index >= 15 is 0 Å². The highest BCUT2D eigenvalue weighted by Gasteiger charge is 2.19. The quantitative estimate of drug-likeness (QED) is 0.824. The summed E-state index contributed by atoms with van der Waals surface area (Å²) in [7, 11) is 1.66. The summed E-state index contributed by atoms with van der Waals surface area (Å²) in [6, 6.07) is 5.08. The molecule has 122 valence electrons. The van der Waals surface area contributed by atoms with Crippen LogP contribution in [0.2, 0.25) is 10.0 Å². The molecule has 0 saturated carbocycles. The van der Waals surface area contributed by atoms with E-state index in [0.717, 1.165) is 5.56 Å². The number of benzene rings is 1. The average Bonchev–Trinajstić information content (AvgIpc) is 2.35. The van der Waals surface area contributed by atoms with E-state index in [1.165, 1.54) is 4.90 Å². The number of carbonyl (C=O) groups excluding carboxylic acids is 1. The molecule has 0 heterocycles. The molecule has 0 aliphatic heterocycles. The number of hydrogen-bond donors (Lipinski definition) is 1. The van der Waals surface area contributed by atoms with Gasteiger partial charge in [0.15, 0.2) is 0 Å². The molecule has 0 atom stereocenters. The van der Waals surface area contributed by atoms with Crippen molar-refractivity contribution in [3.63, 3.8) is 0 Å². The van der Waals surface area contributed by atoms with E-state index in [-0.39, 0.29) is 25.0 Å². The monoisotopic (exact) mass is 346 g/mol. The highest BCUT2D eigenvalue weighted by Crippen LogP contribution is 2.20. The van der Waals surface area contributed by atoms with E-state index in [1.54, 1.807) is 30.1 Å². The third kappa shape index (κ3) is 6.22. The molecule has 0 saturated heterocycles. The summed E-state index contributed by atoms with van der Waals surface area (Å²) in [5, 5.41) is 9.91. The van der Waals surface area contributed by atoms with Gasteiger partial charge in [-0.05, 0) is 37.6 Å². The number of carboxylic acids is 1. The topological polar surface area (TPSA) is 60.9 Å². The lowest BCUT2D eigenvalue weighted by molar-refractivity contribution is -0.140. The van der Waals surface area contributed by atoms with Crippen LogP contribution in [0.25, 0.3) is 0 Å². The third-order valence-electron chi connectivity index (χ3n) is 3.17. The van der Waals surface area contributed by atoms with Crippen molar-refractivity contribution in [3.8, 4) is 0 Å². The van der Waals surface area contributed by atoms with E-state index in [1.807, 2.05) is 13.8 Å². The molecule has 1 aromatic carbocycles. The average molecular weight is 347 g/mol. The Labute approximate surface area is 140 Å². The minimum atomic E-state index is -0.953. The largest absolute Gasteiger partial charge is 0.480 e. The lowest BCUT2D eigenvalue weighted by Gasteiger charge is -2.26. The molecule has 0 aromatic heterocycles. The van der Waals surface area contributed by atoms with Gasteiger partial charge < -0.3 is 10.0 Å². The molecule has 1 amide bonds. The van der Waals surface area contributed by atoms with Crippen molar-refractivity contribution in [2.24, 2.45) is 0 Å². The van der Waals surface area contributed by atoms with Crippen molar-refractivity contribution in [2.45, 2.75) is 26.4 Å². The standard InChI is InChI=1S/C15H20Cl2N2O3/c1-10(2)19(9-15(21)22)8-14(20)18(3)7-11-4-12(16)6-13(17)5-11/h4-6,10H,7-9H2,1-3H3,(H,21,22). The van der Waals surface area contributed by atoms with Crippen molar-refractivity contribution >= 4 is 35.1 Å². The first-order chi connectivity index (χ1) is 10.2. The highest BCUT2D eigenvalue weighted by molar-refractivity contribution is 6.34. The second kappa shape index (κ2) is 8.36. The van der Waals surface area contributed by atoms with Crippen LogP contribution in [-0.4, -0.2) is 53.0 Å². The van der Waals surface area contributed by atoms with Gasteiger partial charge in [-0.2, -0.15) is 0 Å². The summed E-state index contributed by atoms with van der Waals surface area (Å²) in [6.07, 6.45) is 0. The fourth-order valence-corrected chi connectivity index (χ4v) is 2.52. The van der Waals surface area contributed by atoms with Gasteiger partial charge in [0.2, 0.25) is 5.91 Å². The Kier molecular flexibility index (Phi) is 7.13. The Hall–Kier alpha value is -1.30. The zero-order valence-corrected chi connectivity index (χ0v) is 14.4. The van der Waals surface area contributed by atoms with Crippen LogP contribution in [0.15, 0.2) is 18.2 Å². The Morgan fingerprint density at radius 3 is 2.14 bits per heavy atom. The number of hydrogen-bond acceptors (Lipinski definition) is 3. The van der Waals surface area contributed by atoms with Crippen LogP contribution in [0.4, 0.5) is 0 Å². The van der Waals surface area contributed by atoms with Crippen molar-refractivity contribution in [3.05, 3.63) is 33.8 Å². The zero-order chi connectivity index (χ0) is 16.9. The summed E-state index contributed by atoms with van der Waals surface area (Å²) in [4.78, 5) is 26.2. The summed E-state index contributed by atoms with van der Waals surface area (Å²) < 4.78 is 0. The summed E-state index contributed by atoms with van der Waals surface area (Å²) >= 11 is 11.9. The zero-order valence-electron chi connectivity index (χ0n) is 12.8. The molecule has 0 aliphatic carbocycles. The maximum atomic E-state index is 12.2. The fourth-order valence-electron chi connectivity index (χ4n) is 1.95. The van der Waals surface area contributed by atoms with Crippen molar-refractivity contribution in [2.75, 3.05) is 20.1 Å². The Balaban J connectivity index is 2.69. The molecular formula is C15H20Cl2N2O3. The number of aliphatic carboxylic acids is 1. The normalized spacial score (nSPS) is 11.0. The molecule has 1 N–H and O–H groups in total. The van der Waals surface area contributed by atoms with E-state index in [0.29, 0.717) is 16.6 Å². The number of rotatable bonds is 7. The molecule has 0 aliphatic rings. The van der Waals surface area contributed by atoms with Gasteiger partial charge in [-0.25, -0.2) is 0 Å². The molecule has 1 aromatic rings. The lowest BCUT2D eigenvalue weighted by Crippen LogP contribution is -2.43. The highest BCUT2D eigenvalue weighted by atomic mass is 35.5. The second-order valence-electron chi connectivity index (χ2n) is 5.42.